The molecular formula is C43H27N3. The van der Waals surface area contributed by atoms with Gasteiger partial charge in [-0.05, 0) is 65.2 Å². The third kappa shape index (κ3) is 3.91. The Morgan fingerprint density at radius 3 is 1.65 bits per heavy atom. The standard InChI is InChI=1S/C43H27N3/c44-28-38-33(19-11-23-42(38)46-40-21-8-4-16-34(40)35-17-5-9-22-41(35)46)31-14-10-15-32(26-31)45-39-20-7-6-18-36(39)37-27-30(24-25-43(37)45)29-12-2-1-3-13-29/h1-27H. The number of benzene rings is 7. The molecule has 46 heavy (non-hydrogen) atoms. The second-order valence-corrected chi connectivity index (χ2v) is 11.7. The van der Waals surface area contributed by atoms with Crippen molar-refractivity contribution >= 4 is 43.6 Å². The minimum atomic E-state index is 0.654. The molecule has 0 bridgehead atoms. The molecule has 7 aromatic carbocycles. The number of nitrogens with zero attached hydrogens (tertiary/aromatic N) is 3. The topological polar surface area (TPSA) is 33.6 Å². The third-order valence-corrected chi connectivity index (χ3v) is 9.17. The van der Waals surface area contributed by atoms with Crippen molar-refractivity contribution < 1.29 is 0 Å². The Labute approximate surface area is 266 Å². The van der Waals surface area contributed by atoms with Crippen molar-refractivity contribution in [2.45, 2.75) is 0 Å². The van der Waals surface area contributed by atoms with E-state index in [-0.39, 0.29) is 0 Å². The number of para-hydroxylation sites is 3. The van der Waals surface area contributed by atoms with Crippen LogP contribution >= 0.6 is 0 Å². The maximum absolute atomic E-state index is 10.7. The van der Waals surface area contributed by atoms with E-state index in [9.17, 15) is 5.26 Å². The zero-order valence-electron chi connectivity index (χ0n) is 24.9. The van der Waals surface area contributed by atoms with E-state index in [2.05, 4.69) is 179 Å². The number of fused-ring (bicyclic) bond motifs is 6. The van der Waals surface area contributed by atoms with E-state index in [1.807, 2.05) is 0 Å². The van der Waals surface area contributed by atoms with Gasteiger partial charge in [0.15, 0.2) is 0 Å². The summed E-state index contributed by atoms with van der Waals surface area (Å²) < 4.78 is 4.57. The van der Waals surface area contributed by atoms with E-state index < -0.39 is 0 Å². The van der Waals surface area contributed by atoms with Crippen LogP contribution in [0.2, 0.25) is 0 Å². The zero-order chi connectivity index (χ0) is 30.6. The number of aromatic nitrogens is 2. The molecule has 0 aliphatic heterocycles. The largest absolute Gasteiger partial charge is 0.309 e. The van der Waals surface area contributed by atoms with Gasteiger partial charge >= 0.3 is 0 Å². The molecule has 9 rings (SSSR count). The van der Waals surface area contributed by atoms with Gasteiger partial charge in [-0.25, -0.2) is 0 Å². The van der Waals surface area contributed by atoms with Gasteiger partial charge in [0.05, 0.1) is 33.3 Å². The maximum atomic E-state index is 10.7. The lowest BCUT2D eigenvalue weighted by Crippen LogP contribution is -2.00. The molecule has 2 heterocycles. The summed E-state index contributed by atoms with van der Waals surface area (Å²) in [5.41, 5.74) is 11.4. The van der Waals surface area contributed by atoms with Crippen molar-refractivity contribution in [2.75, 3.05) is 0 Å². The number of rotatable bonds is 4. The molecule has 0 N–H and O–H groups in total. The summed E-state index contributed by atoms with van der Waals surface area (Å²) in [6.45, 7) is 0. The van der Waals surface area contributed by atoms with E-state index in [4.69, 9.17) is 0 Å². The Morgan fingerprint density at radius 1 is 0.391 bits per heavy atom. The second kappa shape index (κ2) is 10.4. The average molecular weight is 586 g/mol. The van der Waals surface area contributed by atoms with Gasteiger partial charge in [0, 0.05) is 32.8 Å². The van der Waals surface area contributed by atoms with Crippen LogP contribution in [0.5, 0.6) is 0 Å². The smallest absolute Gasteiger partial charge is 0.102 e. The number of nitriles is 1. The van der Waals surface area contributed by atoms with Crippen molar-refractivity contribution in [1.82, 2.24) is 9.13 Å². The molecule has 0 saturated heterocycles. The first kappa shape index (κ1) is 26.1. The van der Waals surface area contributed by atoms with Crippen molar-refractivity contribution in [3.8, 4) is 39.7 Å². The number of hydrogen-bond acceptors (Lipinski definition) is 1. The van der Waals surface area contributed by atoms with Crippen molar-refractivity contribution in [1.29, 1.82) is 5.26 Å². The van der Waals surface area contributed by atoms with Crippen LogP contribution in [0, 0.1) is 11.3 Å². The molecule has 0 atom stereocenters. The predicted octanol–water partition coefficient (Wildman–Crippen LogP) is 11.1. The van der Waals surface area contributed by atoms with Gasteiger partial charge < -0.3 is 9.13 Å². The third-order valence-electron chi connectivity index (χ3n) is 9.17. The van der Waals surface area contributed by atoms with E-state index >= 15 is 0 Å². The molecule has 3 heteroatoms. The molecule has 0 aliphatic carbocycles. The summed E-state index contributed by atoms with van der Waals surface area (Å²) in [5.74, 6) is 0. The first-order valence-corrected chi connectivity index (χ1v) is 15.5. The van der Waals surface area contributed by atoms with Crippen molar-refractivity contribution in [3.05, 3.63) is 169 Å². The Hall–Kier alpha value is -6.37. The van der Waals surface area contributed by atoms with Crippen molar-refractivity contribution in [3.63, 3.8) is 0 Å². The lowest BCUT2D eigenvalue weighted by Gasteiger charge is -2.15. The van der Waals surface area contributed by atoms with Gasteiger partial charge in [0.25, 0.3) is 0 Å². The van der Waals surface area contributed by atoms with E-state index in [1.165, 1.54) is 32.7 Å². The van der Waals surface area contributed by atoms with E-state index in [1.54, 1.807) is 0 Å². The van der Waals surface area contributed by atoms with Crippen LogP contribution in [0.3, 0.4) is 0 Å². The van der Waals surface area contributed by atoms with Gasteiger partial charge in [-0.15, -0.1) is 0 Å². The van der Waals surface area contributed by atoms with Crippen molar-refractivity contribution in [2.24, 2.45) is 0 Å². The fraction of sp³-hybridized carbons (Fsp3) is 0. The van der Waals surface area contributed by atoms with Crippen LogP contribution in [0.15, 0.2) is 164 Å². The Balaban J connectivity index is 1.24. The van der Waals surface area contributed by atoms with Crippen LogP contribution in [0.25, 0.3) is 77.2 Å². The van der Waals surface area contributed by atoms with Crippen LogP contribution < -0.4 is 0 Å². The number of hydrogen-bond donors (Lipinski definition) is 0. The maximum Gasteiger partial charge on any atom is 0.102 e. The summed E-state index contributed by atoms with van der Waals surface area (Å²) in [6, 6.07) is 60.1. The summed E-state index contributed by atoms with van der Waals surface area (Å²) in [4.78, 5) is 0. The summed E-state index contributed by atoms with van der Waals surface area (Å²) in [5, 5.41) is 15.5. The lowest BCUT2D eigenvalue weighted by atomic mass is 9.98. The lowest BCUT2D eigenvalue weighted by molar-refractivity contribution is 1.16. The SMILES string of the molecule is N#Cc1c(-c2cccc(-n3c4ccccc4c4cc(-c5ccccc5)ccc43)c2)cccc1-n1c2ccccc2c2ccccc21. The first-order valence-electron chi connectivity index (χ1n) is 15.5. The normalized spacial score (nSPS) is 11.5. The molecule has 0 radical (unpaired) electrons. The fourth-order valence-corrected chi connectivity index (χ4v) is 7.14. The van der Waals surface area contributed by atoms with Gasteiger partial charge in [0.2, 0.25) is 0 Å². The molecule has 214 valence electrons. The van der Waals surface area contributed by atoms with Gasteiger partial charge in [-0.1, -0.05) is 115 Å². The molecule has 0 spiro atoms. The van der Waals surface area contributed by atoms with Crippen LogP contribution in [-0.2, 0) is 0 Å². The average Bonchev–Trinajstić information content (AvgIpc) is 3.64. The summed E-state index contributed by atoms with van der Waals surface area (Å²) in [6.07, 6.45) is 0. The highest BCUT2D eigenvalue weighted by Gasteiger charge is 2.18. The monoisotopic (exact) mass is 585 g/mol. The predicted molar refractivity (Wildman–Crippen MR) is 191 cm³/mol. The van der Waals surface area contributed by atoms with Gasteiger partial charge in [-0.2, -0.15) is 5.26 Å². The highest BCUT2D eigenvalue weighted by Crippen LogP contribution is 2.38. The zero-order valence-corrected chi connectivity index (χ0v) is 24.9. The molecule has 3 nitrogen and oxygen atoms in total. The van der Waals surface area contributed by atoms with Crippen LogP contribution in [0.1, 0.15) is 5.56 Å². The Bertz CT molecular complexity index is 2600. The van der Waals surface area contributed by atoms with E-state index in [0.29, 0.717) is 5.56 Å². The molecule has 0 saturated carbocycles. The molecule has 0 amide bonds. The highest BCUT2D eigenvalue weighted by atomic mass is 15.0. The molecular weight excluding hydrogens is 558 g/mol. The Kier molecular flexibility index (Phi) is 5.88. The molecule has 0 unspecified atom stereocenters. The molecule has 2 aromatic heterocycles. The molecule has 0 aliphatic rings. The van der Waals surface area contributed by atoms with E-state index in [0.717, 1.165) is 44.6 Å². The van der Waals surface area contributed by atoms with Gasteiger partial charge in [-0.3, -0.25) is 0 Å². The van der Waals surface area contributed by atoms with Gasteiger partial charge in [0.1, 0.15) is 6.07 Å². The summed E-state index contributed by atoms with van der Waals surface area (Å²) in [7, 11) is 0. The van der Waals surface area contributed by atoms with Crippen LogP contribution in [-0.4, -0.2) is 9.13 Å². The molecule has 0 fully saturated rings. The Morgan fingerprint density at radius 2 is 0.957 bits per heavy atom. The summed E-state index contributed by atoms with van der Waals surface area (Å²) >= 11 is 0. The fourth-order valence-electron chi connectivity index (χ4n) is 7.14. The molecule has 9 aromatic rings. The van der Waals surface area contributed by atoms with Crippen LogP contribution in [0.4, 0.5) is 0 Å². The highest BCUT2D eigenvalue weighted by molar-refractivity contribution is 6.11. The minimum absolute atomic E-state index is 0.654. The second-order valence-electron chi connectivity index (χ2n) is 11.7. The first-order chi connectivity index (χ1) is 22.8. The minimum Gasteiger partial charge on any atom is -0.309 e. The quantitative estimate of drug-likeness (QED) is 0.202.